The number of nitrogens with zero attached hydrogens (tertiary/aromatic N) is 3. The number of aromatic nitrogens is 3. The number of aliphatic hydroxyl groups is 2. The van der Waals surface area contributed by atoms with Crippen LogP contribution >= 0.6 is 11.3 Å². The van der Waals surface area contributed by atoms with Gasteiger partial charge in [0, 0.05) is 18.2 Å². The number of carbonyl (C=O) groups is 2. The molecular formula is C23H21F2N7O6S. The van der Waals surface area contributed by atoms with Crippen LogP contribution in [0.1, 0.15) is 10.4 Å². The largest absolute Gasteiger partial charge is 0.497 e. The van der Waals surface area contributed by atoms with Gasteiger partial charge >= 0.3 is 6.03 Å². The second kappa shape index (κ2) is 11.8. The highest BCUT2D eigenvalue weighted by Crippen LogP contribution is 2.35. The van der Waals surface area contributed by atoms with Crippen LogP contribution in [0.3, 0.4) is 0 Å². The Bertz CT molecular complexity index is 1510. The highest BCUT2D eigenvalue weighted by atomic mass is 32.1. The van der Waals surface area contributed by atoms with Crippen LogP contribution in [0.5, 0.6) is 5.75 Å². The summed E-state index contributed by atoms with van der Waals surface area (Å²) in [4.78, 5) is 32.8. The van der Waals surface area contributed by atoms with E-state index in [4.69, 9.17) is 20.1 Å². The summed E-state index contributed by atoms with van der Waals surface area (Å²) in [7, 11) is 1.43. The molecule has 0 bridgehead atoms. The number of nitrogens with one attached hydrogen (secondary N) is 3. The lowest BCUT2D eigenvalue weighted by atomic mass is 10.1. The second-order valence-electron chi connectivity index (χ2n) is 7.83. The molecule has 1 unspecified atom stereocenters. The molecule has 4 aromatic rings. The van der Waals surface area contributed by atoms with Gasteiger partial charge in [-0.25, -0.2) is 18.6 Å². The second-order valence-corrected chi connectivity index (χ2v) is 8.82. The predicted molar refractivity (Wildman–Crippen MR) is 136 cm³/mol. The molecule has 0 aliphatic rings. The summed E-state index contributed by atoms with van der Waals surface area (Å²) in [5.74, 6) is -2.78. The number of urea groups is 1. The van der Waals surface area contributed by atoms with Gasteiger partial charge in [-0.3, -0.25) is 10.1 Å². The molecule has 2 heterocycles. The summed E-state index contributed by atoms with van der Waals surface area (Å²) in [6.07, 6.45) is -1.13. The molecule has 13 nitrogen and oxygen atoms in total. The molecule has 16 heteroatoms. The van der Waals surface area contributed by atoms with E-state index in [-0.39, 0.29) is 50.9 Å². The van der Waals surface area contributed by atoms with Crippen LogP contribution in [0.2, 0.25) is 0 Å². The van der Waals surface area contributed by atoms with Gasteiger partial charge in [-0.1, -0.05) is 22.6 Å². The summed E-state index contributed by atoms with van der Waals surface area (Å²) in [6.45, 7) is -0.729. The zero-order valence-electron chi connectivity index (χ0n) is 20.1. The van der Waals surface area contributed by atoms with Gasteiger partial charge in [0.15, 0.2) is 5.13 Å². The van der Waals surface area contributed by atoms with E-state index in [1.54, 1.807) is 12.1 Å². The molecule has 39 heavy (non-hydrogen) atoms. The SMILES string of the molecule is COc1cccc(C(=O)Nc2cc(-c3noc(-c4sc(NC(=O)NCC(O)CO)nc4N)n3)c(F)cc2F)c1. The molecular weight excluding hydrogens is 540 g/mol. The summed E-state index contributed by atoms with van der Waals surface area (Å²) >= 11 is 0.871. The average molecular weight is 562 g/mol. The molecule has 2 aromatic heterocycles. The van der Waals surface area contributed by atoms with Gasteiger partial charge in [0.1, 0.15) is 28.1 Å². The number of hydrogen-bond donors (Lipinski definition) is 6. The Labute approximate surface area is 222 Å². The van der Waals surface area contributed by atoms with Crippen molar-refractivity contribution in [2.75, 3.05) is 36.6 Å². The smallest absolute Gasteiger partial charge is 0.321 e. The first-order chi connectivity index (χ1) is 18.7. The molecule has 4 rings (SSSR count). The number of nitrogens with two attached hydrogens (primary N) is 1. The number of amides is 3. The molecule has 0 fully saturated rings. The van der Waals surface area contributed by atoms with E-state index in [1.165, 1.54) is 19.2 Å². The van der Waals surface area contributed by atoms with Crippen LogP contribution in [0.4, 0.5) is 30.2 Å². The van der Waals surface area contributed by atoms with E-state index in [0.717, 1.165) is 17.4 Å². The van der Waals surface area contributed by atoms with Crippen molar-refractivity contribution in [2.24, 2.45) is 0 Å². The van der Waals surface area contributed by atoms with E-state index in [0.29, 0.717) is 11.8 Å². The van der Waals surface area contributed by atoms with Gasteiger partial charge in [-0.05, 0) is 24.3 Å². The third-order valence-electron chi connectivity index (χ3n) is 5.08. The lowest BCUT2D eigenvalue weighted by Gasteiger charge is -2.09. The topological polar surface area (TPSA) is 198 Å². The van der Waals surface area contributed by atoms with Gasteiger partial charge in [0.2, 0.25) is 5.82 Å². The quantitative estimate of drug-likeness (QED) is 0.176. The van der Waals surface area contributed by atoms with Crippen LogP contribution in [0.25, 0.3) is 22.2 Å². The molecule has 0 aliphatic carbocycles. The number of rotatable bonds is 9. The molecule has 7 N–H and O–H groups in total. The predicted octanol–water partition coefficient (Wildman–Crippen LogP) is 2.46. The third kappa shape index (κ3) is 6.43. The van der Waals surface area contributed by atoms with Crippen molar-refractivity contribution in [1.82, 2.24) is 20.4 Å². The molecule has 1 atom stereocenters. The Morgan fingerprint density at radius 2 is 1.97 bits per heavy atom. The van der Waals surface area contributed by atoms with Crippen LogP contribution in [-0.4, -0.2) is 63.6 Å². The maximum atomic E-state index is 14.7. The lowest BCUT2D eigenvalue weighted by molar-refractivity contribution is 0.0965. The van der Waals surface area contributed by atoms with Crippen molar-refractivity contribution < 1.29 is 37.8 Å². The third-order valence-corrected chi connectivity index (χ3v) is 6.06. The zero-order valence-corrected chi connectivity index (χ0v) is 20.9. The number of thiazole rings is 1. The number of carbonyl (C=O) groups excluding carboxylic acids is 2. The van der Waals surface area contributed by atoms with Crippen LogP contribution in [-0.2, 0) is 0 Å². The normalized spacial score (nSPS) is 11.6. The fourth-order valence-corrected chi connectivity index (χ4v) is 3.96. The van der Waals surface area contributed by atoms with Gasteiger partial charge in [-0.2, -0.15) is 4.98 Å². The molecule has 0 aliphatic heterocycles. The molecule has 2 aromatic carbocycles. The van der Waals surface area contributed by atoms with E-state index in [9.17, 15) is 23.5 Å². The van der Waals surface area contributed by atoms with E-state index >= 15 is 0 Å². The zero-order chi connectivity index (χ0) is 28.1. The van der Waals surface area contributed by atoms with E-state index < -0.39 is 36.3 Å². The fourth-order valence-electron chi connectivity index (χ4n) is 3.16. The standard InChI is InChI=1S/C23H21F2N7O6S/c1-37-12-4-2-3-10(5-12)20(35)28-16-6-13(14(24)7-15(16)25)19-30-21(38-32-19)17-18(26)29-23(39-17)31-22(36)27-8-11(34)9-33/h2-7,11,33-34H,8-9,26H2,1H3,(H,28,35)(H2,27,29,31,36). The van der Waals surface area contributed by atoms with Crippen molar-refractivity contribution in [2.45, 2.75) is 6.10 Å². The minimum absolute atomic E-state index is 0.0498. The summed E-state index contributed by atoms with van der Waals surface area (Å²) in [5, 5.41) is 29.0. The first-order valence-electron chi connectivity index (χ1n) is 11.1. The van der Waals surface area contributed by atoms with Crippen LogP contribution < -0.4 is 26.4 Å². The molecule has 0 saturated heterocycles. The number of halogens is 2. The van der Waals surface area contributed by atoms with Crippen molar-refractivity contribution in [1.29, 1.82) is 0 Å². The van der Waals surface area contributed by atoms with Crippen molar-refractivity contribution in [3.05, 3.63) is 53.6 Å². The minimum Gasteiger partial charge on any atom is -0.497 e. The highest BCUT2D eigenvalue weighted by molar-refractivity contribution is 7.19. The maximum absolute atomic E-state index is 14.7. The van der Waals surface area contributed by atoms with Gasteiger partial charge in [0.05, 0.1) is 31.1 Å². The summed E-state index contributed by atoms with van der Waals surface area (Å²) in [5.41, 5.74) is 5.48. The minimum atomic E-state index is -1.13. The number of benzene rings is 2. The Morgan fingerprint density at radius 3 is 2.72 bits per heavy atom. The fraction of sp³-hybridized carbons (Fsp3) is 0.174. The van der Waals surface area contributed by atoms with Crippen molar-refractivity contribution in [3.8, 4) is 27.9 Å². The number of aliphatic hydroxyl groups excluding tert-OH is 2. The highest BCUT2D eigenvalue weighted by Gasteiger charge is 2.22. The Balaban J connectivity index is 1.53. The van der Waals surface area contributed by atoms with E-state index in [1.807, 2.05) is 0 Å². The van der Waals surface area contributed by atoms with Crippen molar-refractivity contribution >= 4 is 39.9 Å². The number of anilines is 3. The number of hydrogen-bond acceptors (Lipinski definition) is 11. The Kier molecular flexibility index (Phi) is 8.28. The number of methoxy groups -OCH3 is 1. The van der Waals surface area contributed by atoms with Gasteiger partial charge < -0.3 is 35.8 Å². The molecule has 0 saturated carbocycles. The summed E-state index contributed by atoms with van der Waals surface area (Å²) in [6, 6.07) is 7.04. The number of ether oxygens (including phenoxy) is 1. The average Bonchev–Trinajstić information content (AvgIpc) is 3.55. The van der Waals surface area contributed by atoms with Gasteiger partial charge in [-0.15, -0.1) is 0 Å². The van der Waals surface area contributed by atoms with Gasteiger partial charge in [0.25, 0.3) is 11.8 Å². The molecule has 3 amide bonds. The summed E-state index contributed by atoms with van der Waals surface area (Å²) < 4.78 is 39.4. The number of nitrogen functional groups attached to an aromatic ring is 1. The molecule has 0 spiro atoms. The van der Waals surface area contributed by atoms with E-state index in [2.05, 4.69) is 31.1 Å². The Morgan fingerprint density at radius 1 is 1.18 bits per heavy atom. The Hall–Kier alpha value is -4.67. The van der Waals surface area contributed by atoms with Crippen LogP contribution in [0.15, 0.2) is 40.9 Å². The first kappa shape index (κ1) is 27.4. The lowest BCUT2D eigenvalue weighted by Crippen LogP contribution is -2.36. The monoisotopic (exact) mass is 561 g/mol. The van der Waals surface area contributed by atoms with Crippen LogP contribution in [0, 0.1) is 11.6 Å². The van der Waals surface area contributed by atoms with Crippen molar-refractivity contribution in [3.63, 3.8) is 0 Å². The molecule has 204 valence electrons. The first-order valence-corrected chi connectivity index (χ1v) is 11.9. The maximum Gasteiger partial charge on any atom is 0.321 e. The molecule has 0 radical (unpaired) electrons.